The number of rotatable bonds is 4. The molecule has 1 amide bonds. The highest BCUT2D eigenvalue weighted by atomic mass is 19.4. The number of allylic oxidation sites excluding steroid dienone is 1. The maximum Gasteiger partial charge on any atom is 0.454 e. The van der Waals surface area contributed by atoms with E-state index in [1.807, 2.05) is 0 Å². The van der Waals surface area contributed by atoms with Crippen LogP contribution in [0, 0.1) is 0 Å². The standard InChI is InChI=1S/C16H14F6N2O2/c17-15(18,19)10-3-5-11(6-4-10)23-14(26)12-2-1-8-24(12)9-7-13(25)16(20,21)22/h3-7,9,12H,1-2,8H2,(H,23,26)/b9-7+. The summed E-state index contributed by atoms with van der Waals surface area (Å²) >= 11 is 0. The Morgan fingerprint density at radius 3 is 2.23 bits per heavy atom. The summed E-state index contributed by atoms with van der Waals surface area (Å²) < 4.78 is 74.1. The molecule has 0 aliphatic carbocycles. The van der Waals surface area contributed by atoms with Gasteiger partial charge >= 0.3 is 12.4 Å². The number of benzene rings is 1. The average Bonchev–Trinajstić information content (AvgIpc) is 2.99. The lowest BCUT2D eigenvalue weighted by atomic mass is 10.1. The van der Waals surface area contributed by atoms with E-state index >= 15 is 0 Å². The van der Waals surface area contributed by atoms with Crippen molar-refractivity contribution < 1.29 is 35.9 Å². The zero-order valence-corrected chi connectivity index (χ0v) is 13.2. The van der Waals surface area contributed by atoms with Crippen LogP contribution in [0.5, 0.6) is 0 Å². The molecule has 1 fully saturated rings. The normalized spacial score (nSPS) is 18.4. The van der Waals surface area contributed by atoms with Crippen LogP contribution in [0.25, 0.3) is 0 Å². The van der Waals surface area contributed by atoms with Crippen molar-refractivity contribution in [2.24, 2.45) is 0 Å². The Morgan fingerprint density at radius 1 is 1.08 bits per heavy atom. The van der Waals surface area contributed by atoms with Crippen molar-refractivity contribution in [2.45, 2.75) is 31.2 Å². The first-order valence-corrected chi connectivity index (χ1v) is 7.52. The molecule has 1 aliphatic heterocycles. The van der Waals surface area contributed by atoms with Gasteiger partial charge in [0.1, 0.15) is 6.04 Å². The van der Waals surface area contributed by atoms with E-state index in [2.05, 4.69) is 5.32 Å². The lowest BCUT2D eigenvalue weighted by molar-refractivity contribution is -0.165. The molecule has 2 rings (SSSR count). The van der Waals surface area contributed by atoms with Gasteiger partial charge in [-0.05, 0) is 37.1 Å². The van der Waals surface area contributed by atoms with Gasteiger partial charge in [0.25, 0.3) is 5.78 Å². The van der Waals surface area contributed by atoms with Crippen molar-refractivity contribution >= 4 is 17.4 Å². The summed E-state index contributed by atoms with van der Waals surface area (Å²) in [7, 11) is 0. The summed E-state index contributed by atoms with van der Waals surface area (Å²) in [5.41, 5.74) is -0.739. The fraction of sp³-hybridized carbons (Fsp3) is 0.375. The summed E-state index contributed by atoms with van der Waals surface area (Å²) in [6, 6.07) is 2.98. The van der Waals surface area contributed by atoms with Crippen molar-refractivity contribution in [3.8, 4) is 0 Å². The number of nitrogens with zero attached hydrogens (tertiary/aromatic N) is 1. The topological polar surface area (TPSA) is 49.4 Å². The third-order valence-corrected chi connectivity index (χ3v) is 3.77. The minimum atomic E-state index is -4.99. The molecule has 142 valence electrons. The Balaban J connectivity index is 2.02. The molecule has 0 radical (unpaired) electrons. The number of amides is 1. The lowest BCUT2D eigenvalue weighted by Gasteiger charge is -2.22. The monoisotopic (exact) mass is 380 g/mol. The maximum absolute atomic E-state index is 12.5. The second kappa shape index (κ2) is 7.38. The molecule has 4 nitrogen and oxygen atoms in total. The molecular weight excluding hydrogens is 366 g/mol. The van der Waals surface area contributed by atoms with Gasteiger partial charge in [-0.15, -0.1) is 0 Å². The highest BCUT2D eigenvalue weighted by Gasteiger charge is 2.37. The molecule has 1 heterocycles. The Morgan fingerprint density at radius 2 is 1.69 bits per heavy atom. The van der Waals surface area contributed by atoms with Crippen LogP contribution in [-0.2, 0) is 15.8 Å². The van der Waals surface area contributed by atoms with E-state index in [-0.39, 0.29) is 12.2 Å². The van der Waals surface area contributed by atoms with E-state index in [4.69, 9.17) is 0 Å². The number of carbonyl (C=O) groups is 2. The Hall–Kier alpha value is -2.52. The van der Waals surface area contributed by atoms with E-state index in [1.54, 1.807) is 0 Å². The number of likely N-dealkylation sites (tertiary alicyclic amines) is 1. The summed E-state index contributed by atoms with van der Waals surface area (Å²) in [5.74, 6) is -2.61. The average molecular weight is 380 g/mol. The predicted molar refractivity (Wildman–Crippen MR) is 80.0 cm³/mol. The first-order valence-electron chi connectivity index (χ1n) is 7.52. The molecule has 10 heteroatoms. The number of hydrogen-bond donors (Lipinski definition) is 1. The number of alkyl halides is 6. The molecule has 0 bridgehead atoms. The van der Waals surface area contributed by atoms with Crippen LogP contribution in [-0.4, -0.2) is 35.4 Å². The minimum absolute atomic E-state index is 0.130. The van der Waals surface area contributed by atoms with Gasteiger partial charge in [0.05, 0.1) is 5.56 Å². The number of hydrogen-bond acceptors (Lipinski definition) is 3. The Bertz CT molecular complexity index is 694. The molecule has 26 heavy (non-hydrogen) atoms. The van der Waals surface area contributed by atoms with Crippen molar-refractivity contribution in [2.75, 3.05) is 11.9 Å². The number of carbonyl (C=O) groups excluding carboxylic acids is 2. The van der Waals surface area contributed by atoms with Gasteiger partial charge < -0.3 is 10.2 Å². The van der Waals surface area contributed by atoms with E-state index < -0.39 is 35.6 Å². The van der Waals surface area contributed by atoms with Crippen LogP contribution in [0.2, 0.25) is 0 Å². The molecule has 1 unspecified atom stereocenters. The van der Waals surface area contributed by atoms with Gasteiger partial charge in [-0.2, -0.15) is 26.3 Å². The Kier molecular flexibility index (Phi) is 5.62. The SMILES string of the molecule is O=C(Nc1ccc(C(F)(F)F)cc1)C1CCCN1/C=C/C(=O)C(F)(F)F. The van der Waals surface area contributed by atoms with E-state index in [1.165, 1.54) is 4.90 Å². The van der Waals surface area contributed by atoms with Crippen molar-refractivity contribution in [1.82, 2.24) is 4.90 Å². The summed E-state index contributed by atoms with van der Waals surface area (Å²) in [5, 5.41) is 2.42. The van der Waals surface area contributed by atoms with Gasteiger partial charge in [-0.3, -0.25) is 9.59 Å². The third kappa shape index (κ3) is 4.99. The first kappa shape index (κ1) is 19.8. The molecule has 1 N–H and O–H groups in total. The quantitative estimate of drug-likeness (QED) is 0.639. The van der Waals surface area contributed by atoms with Gasteiger partial charge in [0, 0.05) is 24.5 Å². The van der Waals surface area contributed by atoms with Gasteiger partial charge in [0.2, 0.25) is 5.91 Å². The zero-order chi connectivity index (χ0) is 19.5. The van der Waals surface area contributed by atoms with Crippen molar-refractivity contribution in [1.29, 1.82) is 0 Å². The van der Waals surface area contributed by atoms with Gasteiger partial charge in [-0.1, -0.05) is 0 Å². The number of nitrogens with one attached hydrogen (secondary N) is 1. The third-order valence-electron chi connectivity index (χ3n) is 3.77. The zero-order valence-electron chi connectivity index (χ0n) is 13.2. The number of anilines is 1. The molecule has 1 atom stereocenters. The second-order valence-electron chi connectivity index (χ2n) is 5.64. The van der Waals surface area contributed by atoms with Gasteiger partial charge in [0.15, 0.2) is 0 Å². The first-order chi connectivity index (χ1) is 12.0. The van der Waals surface area contributed by atoms with Crippen LogP contribution in [0.1, 0.15) is 18.4 Å². The molecule has 1 saturated heterocycles. The molecule has 0 spiro atoms. The largest absolute Gasteiger partial charge is 0.454 e. The summed E-state index contributed by atoms with van der Waals surface area (Å²) in [6.07, 6.45) is -7.36. The van der Waals surface area contributed by atoms with Crippen LogP contribution in [0.4, 0.5) is 32.0 Å². The highest BCUT2D eigenvalue weighted by Crippen LogP contribution is 2.30. The van der Waals surface area contributed by atoms with E-state index in [0.29, 0.717) is 18.9 Å². The molecular formula is C16H14F6N2O2. The van der Waals surface area contributed by atoms with E-state index in [9.17, 15) is 35.9 Å². The smallest absolute Gasteiger partial charge is 0.365 e. The van der Waals surface area contributed by atoms with E-state index in [0.717, 1.165) is 30.5 Å². The fourth-order valence-corrected chi connectivity index (χ4v) is 2.48. The summed E-state index contributed by atoms with van der Waals surface area (Å²) in [4.78, 5) is 24.4. The van der Waals surface area contributed by atoms with Crippen molar-refractivity contribution in [3.05, 3.63) is 42.1 Å². The molecule has 1 aromatic rings. The summed E-state index contributed by atoms with van der Waals surface area (Å²) in [6.45, 7) is 0.284. The maximum atomic E-state index is 12.5. The number of halogens is 6. The number of ketones is 1. The Labute approximate surface area is 144 Å². The molecule has 0 aromatic heterocycles. The van der Waals surface area contributed by atoms with Crippen molar-refractivity contribution in [3.63, 3.8) is 0 Å². The second-order valence-corrected chi connectivity index (χ2v) is 5.64. The molecule has 1 aliphatic rings. The highest BCUT2D eigenvalue weighted by molar-refractivity contribution is 5.96. The fourth-order valence-electron chi connectivity index (χ4n) is 2.48. The van der Waals surface area contributed by atoms with Crippen LogP contribution < -0.4 is 5.32 Å². The molecule has 1 aromatic carbocycles. The van der Waals surface area contributed by atoms with Crippen LogP contribution in [0.15, 0.2) is 36.5 Å². The van der Waals surface area contributed by atoms with Crippen LogP contribution in [0.3, 0.4) is 0 Å². The van der Waals surface area contributed by atoms with Gasteiger partial charge in [-0.25, -0.2) is 0 Å². The lowest BCUT2D eigenvalue weighted by Crippen LogP contribution is -2.36. The van der Waals surface area contributed by atoms with Crippen LogP contribution >= 0.6 is 0 Å². The molecule has 0 saturated carbocycles. The minimum Gasteiger partial charge on any atom is -0.365 e. The predicted octanol–water partition coefficient (Wildman–Crippen LogP) is 3.75.